The van der Waals surface area contributed by atoms with Crippen molar-refractivity contribution in [3.8, 4) is 0 Å². The summed E-state index contributed by atoms with van der Waals surface area (Å²) in [6.45, 7) is 7.03. The topological polar surface area (TPSA) is 12.0 Å². The Morgan fingerprint density at radius 3 is 2.53 bits per heavy atom. The van der Waals surface area contributed by atoms with Gasteiger partial charge in [0.05, 0.1) is 9.83 Å². The highest BCUT2D eigenvalue weighted by molar-refractivity contribution is 9.11. The fourth-order valence-electron chi connectivity index (χ4n) is 2.30. The van der Waals surface area contributed by atoms with E-state index in [1.165, 1.54) is 16.5 Å². The van der Waals surface area contributed by atoms with E-state index in [1.54, 1.807) is 17.4 Å². The minimum Gasteiger partial charge on any atom is -0.306 e. The van der Waals surface area contributed by atoms with Gasteiger partial charge in [-0.15, -0.1) is 11.3 Å². The maximum absolute atomic E-state index is 13.3. The summed E-state index contributed by atoms with van der Waals surface area (Å²) in [5.74, 6) is -0.181. The first-order valence-electron chi connectivity index (χ1n) is 6.28. The van der Waals surface area contributed by atoms with Crippen molar-refractivity contribution in [2.75, 3.05) is 6.54 Å². The number of nitrogens with one attached hydrogen (secondary N) is 1. The molecule has 0 amide bonds. The van der Waals surface area contributed by atoms with Crippen LogP contribution in [0.25, 0.3) is 0 Å². The van der Waals surface area contributed by atoms with Crippen LogP contribution in [0.1, 0.15) is 34.5 Å². The Morgan fingerprint density at radius 1 is 1.26 bits per heavy atom. The van der Waals surface area contributed by atoms with Crippen LogP contribution in [0.15, 0.2) is 28.1 Å². The third kappa shape index (κ3) is 3.25. The Balaban J connectivity index is 2.48. The van der Waals surface area contributed by atoms with Crippen molar-refractivity contribution in [2.24, 2.45) is 0 Å². The molecule has 0 aliphatic heterocycles. The van der Waals surface area contributed by atoms with Gasteiger partial charge in [0.2, 0.25) is 0 Å². The van der Waals surface area contributed by atoms with E-state index in [-0.39, 0.29) is 11.9 Å². The van der Waals surface area contributed by atoms with Crippen molar-refractivity contribution >= 4 is 27.3 Å². The molecule has 102 valence electrons. The van der Waals surface area contributed by atoms with Crippen molar-refractivity contribution in [2.45, 2.75) is 26.8 Å². The Labute approximate surface area is 126 Å². The van der Waals surface area contributed by atoms with Crippen LogP contribution in [-0.2, 0) is 0 Å². The van der Waals surface area contributed by atoms with E-state index in [2.05, 4.69) is 41.2 Å². The van der Waals surface area contributed by atoms with E-state index in [0.29, 0.717) is 0 Å². The molecule has 2 rings (SSSR count). The van der Waals surface area contributed by atoms with Gasteiger partial charge >= 0.3 is 0 Å². The first-order chi connectivity index (χ1) is 9.02. The second-order valence-corrected chi connectivity index (χ2v) is 7.19. The normalized spacial score (nSPS) is 12.7. The standard InChI is InChI=1S/C15H17BrFNS/c1-4-18-15(13-8-14(16)19-10(13)3)12-6-5-11(17)7-9(12)2/h5-8,15,18H,4H2,1-3H3. The molecule has 1 aromatic carbocycles. The lowest BCUT2D eigenvalue weighted by Crippen LogP contribution is -2.23. The quantitative estimate of drug-likeness (QED) is 0.828. The van der Waals surface area contributed by atoms with Gasteiger partial charge in [0.1, 0.15) is 5.82 Å². The highest BCUT2D eigenvalue weighted by Crippen LogP contribution is 2.34. The fourth-order valence-corrected chi connectivity index (χ4v) is 4.05. The summed E-state index contributed by atoms with van der Waals surface area (Å²) in [7, 11) is 0. The number of aryl methyl sites for hydroxylation is 2. The lowest BCUT2D eigenvalue weighted by atomic mass is 9.95. The van der Waals surface area contributed by atoms with Gasteiger partial charge in [0.25, 0.3) is 0 Å². The van der Waals surface area contributed by atoms with Gasteiger partial charge in [-0.05, 0) is 71.2 Å². The second-order valence-electron chi connectivity index (χ2n) is 4.55. The summed E-state index contributed by atoms with van der Waals surface area (Å²) in [6, 6.07) is 7.27. The molecule has 1 atom stereocenters. The average molecular weight is 342 g/mol. The molecule has 1 aromatic heterocycles. The monoisotopic (exact) mass is 341 g/mol. The molecule has 0 aliphatic carbocycles. The number of rotatable bonds is 4. The van der Waals surface area contributed by atoms with Crippen LogP contribution in [-0.4, -0.2) is 6.54 Å². The summed E-state index contributed by atoms with van der Waals surface area (Å²) in [5.41, 5.74) is 3.37. The van der Waals surface area contributed by atoms with Crippen molar-refractivity contribution < 1.29 is 4.39 Å². The summed E-state index contributed by atoms with van der Waals surface area (Å²) in [5, 5.41) is 3.49. The van der Waals surface area contributed by atoms with Crippen molar-refractivity contribution in [1.82, 2.24) is 5.32 Å². The van der Waals surface area contributed by atoms with Gasteiger partial charge in [0, 0.05) is 4.88 Å². The highest BCUT2D eigenvalue weighted by atomic mass is 79.9. The smallest absolute Gasteiger partial charge is 0.123 e. The SMILES string of the molecule is CCNC(c1ccc(F)cc1C)c1cc(Br)sc1C. The third-order valence-corrected chi connectivity index (χ3v) is 4.76. The molecule has 0 aliphatic rings. The molecular formula is C15H17BrFNS. The van der Waals surface area contributed by atoms with Gasteiger partial charge in [-0.25, -0.2) is 4.39 Å². The van der Waals surface area contributed by atoms with Crippen LogP contribution in [0.3, 0.4) is 0 Å². The molecule has 0 spiro atoms. The molecule has 1 unspecified atom stereocenters. The van der Waals surface area contributed by atoms with E-state index in [9.17, 15) is 4.39 Å². The summed E-state index contributed by atoms with van der Waals surface area (Å²) in [6.07, 6.45) is 0. The zero-order valence-electron chi connectivity index (χ0n) is 11.3. The Hall–Kier alpha value is -0.710. The molecule has 0 saturated carbocycles. The molecule has 2 aromatic rings. The number of halogens is 2. The molecule has 1 nitrogen and oxygen atoms in total. The summed E-state index contributed by atoms with van der Waals surface area (Å²) in [4.78, 5) is 1.28. The molecule has 1 heterocycles. The molecular weight excluding hydrogens is 325 g/mol. The van der Waals surface area contributed by atoms with Crippen molar-refractivity contribution in [3.05, 3.63) is 55.4 Å². The van der Waals surface area contributed by atoms with Gasteiger partial charge in [-0.2, -0.15) is 0 Å². The highest BCUT2D eigenvalue weighted by Gasteiger charge is 2.19. The van der Waals surface area contributed by atoms with Crippen LogP contribution in [0.4, 0.5) is 4.39 Å². The van der Waals surface area contributed by atoms with Crippen LogP contribution < -0.4 is 5.32 Å². The van der Waals surface area contributed by atoms with Crippen LogP contribution in [0.5, 0.6) is 0 Å². The van der Waals surface area contributed by atoms with Crippen LogP contribution in [0.2, 0.25) is 0 Å². The summed E-state index contributed by atoms with van der Waals surface area (Å²) < 4.78 is 14.4. The second kappa shape index (κ2) is 6.16. The molecule has 0 radical (unpaired) electrons. The third-order valence-electron chi connectivity index (χ3n) is 3.19. The number of thiophene rings is 1. The van der Waals surface area contributed by atoms with Gasteiger partial charge < -0.3 is 5.32 Å². The van der Waals surface area contributed by atoms with E-state index in [4.69, 9.17) is 0 Å². The lowest BCUT2D eigenvalue weighted by molar-refractivity contribution is 0.609. The molecule has 0 bridgehead atoms. The van der Waals surface area contributed by atoms with Gasteiger partial charge in [0.15, 0.2) is 0 Å². The molecule has 4 heteroatoms. The predicted molar refractivity (Wildman–Crippen MR) is 83.4 cm³/mol. The van der Waals surface area contributed by atoms with Crippen molar-refractivity contribution in [3.63, 3.8) is 0 Å². The van der Waals surface area contributed by atoms with E-state index >= 15 is 0 Å². The minimum absolute atomic E-state index is 0.119. The largest absolute Gasteiger partial charge is 0.306 e. The maximum atomic E-state index is 13.3. The number of benzene rings is 1. The van der Waals surface area contributed by atoms with E-state index in [0.717, 1.165) is 21.5 Å². The Morgan fingerprint density at radius 2 is 2.00 bits per heavy atom. The molecule has 0 fully saturated rings. The first kappa shape index (κ1) is 14.7. The van der Waals surface area contributed by atoms with Gasteiger partial charge in [-0.3, -0.25) is 0 Å². The molecule has 0 saturated heterocycles. The van der Waals surface area contributed by atoms with Crippen molar-refractivity contribution in [1.29, 1.82) is 0 Å². The van der Waals surface area contributed by atoms with E-state index in [1.807, 2.05) is 13.0 Å². The maximum Gasteiger partial charge on any atom is 0.123 e. The summed E-state index contributed by atoms with van der Waals surface area (Å²) >= 11 is 5.27. The molecule has 19 heavy (non-hydrogen) atoms. The number of hydrogen-bond acceptors (Lipinski definition) is 2. The zero-order valence-corrected chi connectivity index (χ0v) is 13.7. The Kier molecular flexibility index (Phi) is 4.76. The lowest BCUT2D eigenvalue weighted by Gasteiger charge is -2.20. The average Bonchev–Trinajstić information content (AvgIpc) is 2.66. The van der Waals surface area contributed by atoms with Crippen LogP contribution in [0, 0.1) is 19.7 Å². The van der Waals surface area contributed by atoms with E-state index < -0.39 is 0 Å². The predicted octanol–water partition coefficient (Wildman–Crippen LogP) is 4.97. The zero-order chi connectivity index (χ0) is 14.0. The first-order valence-corrected chi connectivity index (χ1v) is 7.89. The number of hydrogen-bond donors (Lipinski definition) is 1. The van der Waals surface area contributed by atoms with Crippen LogP contribution >= 0.6 is 27.3 Å². The minimum atomic E-state index is -0.181. The fraction of sp³-hybridized carbons (Fsp3) is 0.333. The Bertz CT molecular complexity index is 580. The molecule has 1 N–H and O–H groups in total. The van der Waals surface area contributed by atoms with Gasteiger partial charge in [-0.1, -0.05) is 13.0 Å².